The first-order chi connectivity index (χ1) is 7.65. The van der Waals surface area contributed by atoms with Gasteiger partial charge in [-0.05, 0) is 43.5 Å². The number of aryl methyl sites for hydroxylation is 1. The van der Waals surface area contributed by atoms with Crippen molar-refractivity contribution >= 4 is 17.5 Å². The number of carbonyl (C=O) groups excluding carboxylic acids is 1. The van der Waals surface area contributed by atoms with Crippen molar-refractivity contribution in [3.63, 3.8) is 0 Å². The summed E-state index contributed by atoms with van der Waals surface area (Å²) in [5.74, 6) is 0.232. The lowest BCUT2D eigenvalue weighted by Crippen LogP contribution is -2.15. The Bertz CT molecular complexity index is 393. The Hall–Kier alpha value is -0.830. The van der Waals surface area contributed by atoms with Crippen LogP contribution in [0.2, 0.25) is 0 Å². The average molecular weight is 238 g/mol. The zero-order valence-corrected chi connectivity index (χ0v) is 10.1. The lowest BCUT2D eigenvalue weighted by Gasteiger charge is -2.20. The highest BCUT2D eigenvalue weighted by atomic mass is 32.2. The summed E-state index contributed by atoms with van der Waals surface area (Å²) in [6.07, 6.45) is 3.33. The lowest BCUT2D eigenvalue weighted by atomic mass is 9.99. The molecule has 0 aromatic heterocycles. The molecule has 1 saturated carbocycles. The largest absolute Gasteiger partial charge is 0.300 e. The van der Waals surface area contributed by atoms with E-state index in [-0.39, 0.29) is 5.82 Å². The van der Waals surface area contributed by atoms with Crippen molar-refractivity contribution in [3.8, 4) is 0 Å². The number of hydrogen-bond acceptors (Lipinski definition) is 2. The minimum absolute atomic E-state index is 0.150. The van der Waals surface area contributed by atoms with Crippen LogP contribution in [0.4, 0.5) is 4.39 Å². The van der Waals surface area contributed by atoms with Gasteiger partial charge < -0.3 is 0 Å². The molecule has 1 nitrogen and oxygen atoms in total. The van der Waals surface area contributed by atoms with Crippen molar-refractivity contribution in [2.45, 2.75) is 42.8 Å². The zero-order valence-electron chi connectivity index (χ0n) is 9.33. The van der Waals surface area contributed by atoms with Gasteiger partial charge in [0.05, 0.1) is 0 Å². The maximum absolute atomic E-state index is 13.1. The van der Waals surface area contributed by atoms with Gasteiger partial charge in [-0.2, -0.15) is 0 Å². The molecule has 0 heterocycles. The van der Waals surface area contributed by atoms with Gasteiger partial charge in [0.1, 0.15) is 11.6 Å². The number of Topliss-reactive ketones (excluding diaryl/α,β-unsaturated/α-hetero) is 1. The molecule has 86 valence electrons. The third kappa shape index (κ3) is 2.85. The first-order valence-corrected chi connectivity index (χ1v) is 6.47. The lowest BCUT2D eigenvalue weighted by molar-refractivity contribution is -0.120. The quantitative estimate of drug-likeness (QED) is 0.780. The van der Waals surface area contributed by atoms with E-state index in [0.717, 1.165) is 17.7 Å². The maximum atomic E-state index is 13.1. The number of carbonyl (C=O) groups is 1. The normalized spacial score (nSPS) is 17.8. The highest BCUT2D eigenvalue weighted by Gasteiger charge is 2.19. The fourth-order valence-electron chi connectivity index (χ4n) is 1.91. The van der Waals surface area contributed by atoms with Crippen LogP contribution in [0.1, 0.15) is 31.2 Å². The van der Waals surface area contributed by atoms with Gasteiger partial charge in [-0.3, -0.25) is 4.79 Å². The van der Waals surface area contributed by atoms with E-state index in [1.54, 1.807) is 18.7 Å². The van der Waals surface area contributed by atoms with Gasteiger partial charge in [0.2, 0.25) is 0 Å². The molecule has 0 unspecified atom stereocenters. The van der Waals surface area contributed by atoms with Gasteiger partial charge in [-0.25, -0.2) is 4.39 Å². The standard InChI is InChI=1S/C13H15FOS/c1-9-8-12(6-7-13(9)14)16-11-4-2-10(15)3-5-11/h6-8,11H,2-5H2,1H3. The van der Waals surface area contributed by atoms with Crippen LogP contribution in [-0.2, 0) is 4.79 Å². The Morgan fingerprint density at radius 2 is 2.00 bits per heavy atom. The van der Waals surface area contributed by atoms with E-state index in [9.17, 15) is 9.18 Å². The number of halogens is 1. The summed E-state index contributed by atoms with van der Waals surface area (Å²) >= 11 is 1.77. The molecule has 0 spiro atoms. The Morgan fingerprint density at radius 3 is 2.62 bits per heavy atom. The van der Waals surface area contributed by atoms with Gasteiger partial charge in [0.25, 0.3) is 0 Å². The molecule has 0 N–H and O–H groups in total. The van der Waals surface area contributed by atoms with Crippen LogP contribution in [0, 0.1) is 12.7 Å². The highest BCUT2D eigenvalue weighted by Crippen LogP contribution is 2.33. The number of benzene rings is 1. The number of ketones is 1. The van der Waals surface area contributed by atoms with Crippen molar-refractivity contribution in [2.24, 2.45) is 0 Å². The van der Waals surface area contributed by atoms with Crippen molar-refractivity contribution in [2.75, 3.05) is 0 Å². The van der Waals surface area contributed by atoms with E-state index in [1.165, 1.54) is 6.07 Å². The SMILES string of the molecule is Cc1cc(SC2CCC(=O)CC2)ccc1F. The molecule has 16 heavy (non-hydrogen) atoms. The Balaban J connectivity index is 1.98. The minimum Gasteiger partial charge on any atom is -0.300 e. The van der Waals surface area contributed by atoms with Crippen LogP contribution in [-0.4, -0.2) is 11.0 Å². The molecule has 2 rings (SSSR count). The second-order valence-corrected chi connectivity index (χ2v) is 5.64. The molecule has 1 aliphatic carbocycles. The molecule has 3 heteroatoms. The minimum atomic E-state index is -0.150. The molecule has 1 aromatic rings. The summed E-state index contributed by atoms with van der Waals surface area (Å²) in [7, 11) is 0. The highest BCUT2D eigenvalue weighted by molar-refractivity contribution is 8.00. The molecule has 1 aromatic carbocycles. The summed E-state index contributed by atoms with van der Waals surface area (Å²) in [6.45, 7) is 1.78. The molecule has 1 fully saturated rings. The van der Waals surface area contributed by atoms with E-state index in [4.69, 9.17) is 0 Å². The van der Waals surface area contributed by atoms with Gasteiger partial charge in [0, 0.05) is 23.0 Å². The van der Waals surface area contributed by atoms with Crippen molar-refractivity contribution in [3.05, 3.63) is 29.6 Å². The maximum Gasteiger partial charge on any atom is 0.132 e. The molecule has 1 aliphatic rings. The third-order valence-corrected chi connectivity index (χ3v) is 4.25. The Kier molecular flexibility index (Phi) is 3.64. The topological polar surface area (TPSA) is 17.1 Å². The van der Waals surface area contributed by atoms with Crippen LogP contribution in [0.25, 0.3) is 0 Å². The second-order valence-electron chi connectivity index (χ2n) is 4.27. The monoisotopic (exact) mass is 238 g/mol. The Morgan fingerprint density at radius 1 is 1.31 bits per heavy atom. The van der Waals surface area contributed by atoms with Gasteiger partial charge in [-0.1, -0.05) is 0 Å². The third-order valence-electron chi connectivity index (χ3n) is 2.92. The van der Waals surface area contributed by atoms with E-state index >= 15 is 0 Å². The number of thioether (sulfide) groups is 1. The Labute approximate surface area is 99.4 Å². The first kappa shape index (κ1) is 11.6. The second kappa shape index (κ2) is 5.00. The van der Waals surface area contributed by atoms with Crippen LogP contribution in [0.15, 0.2) is 23.1 Å². The zero-order chi connectivity index (χ0) is 11.5. The van der Waals surface area contributed by atoms with E-state index in [0.29, 0.717) is 29.4 Å². The fraction of sp³-hybridized carbons (Fsp3) is 0.462. The van der Waals surface area contributed by atoms with E-state index < -0.39 is 0 Å². The van der Waals surface area contributed by atoms with Gasteiger partial charge in [-0.15, -0.1) is 11.8 Å². The van der Waals surface area contributed by atoms with Crippen LogP contribution >= 0.6 is 11.8 Å². The van der Waals surface area contributed by atoms with Crippen LogP contribution < -0.4 is 0 Å². The molecular weight excluding hydrogens is 223 g/mol. The number of rotatable bonds is 2. The number of hydrogen-bond donors (Lipinski definition) is 0. The van der Waals surface area contributed by atoms with Crippen molar-refractivity contribution < 1.29 is 9.18 Å². The average Bonchev–Trinajstić information content (AvgIpc) is 2.27. The van der Waals surface area contributed by atoms with Crippen molar-refractivity contribution in [1.82, 2.24) is 0 Å². The van der Waals surface area contributed by atoms with Gasteiger partial charge >= 0.3 is 0 Å². The predicted octanol–water partition coefficient (Wildman–Crippen LogP) is 3.74. The van der Waals surface area contributed by atoms with Crippen molar-refractivity contribution in [1.29, 1.82) is 0 Å². The summed E-state index contributed by atoms with van der Waals surface area (Å²) in [6, 6.07) is 5.23. The molecule has 0 radical (unpaired) electrons. The molecular formula is C13H15FOS. The molecule has 0 atom stereocenters. The fourth-order valence-corrected chi connectivity index (χ4v) is 3.16. The first-order valence-electron chi connectivity index (χ1n) is 5.59. The predicted molar refractivity (Wildman–Crippen MR) is 64.3 cm³/mol. The van der Waals surface area contributed by atoms with E-state index in [2.05, 4.69) is 0 Å². The summed E-state index contributed by atoms with van der Waals surface area (Å²) in [4.78, 5) is 12.2. The van der Waals surface area contributed by atoms with Gasteiger partial charge in [0.15, 0.2) is 0 Å². The smallest absolute Gasteiger partial charge is 0.132 e. The van der Waals surface area contributed by atoms with E-state index in [1.807, 2.05) is 12.1 Å². The molecule has 0 bridgehead atoms. The summed E-state index contributed by atoms with van der Waals surface area (Å²) in [5, 5.41) is 0.516. The molecule has 0 amide bonds. The molecule has 0 aliphatic heterocycles. The van der Waals surface area contributed by atoms with Crippen LogP contribution in [0.3, 0.4) is 0 Å². The van der Waals surface area contributed by atoms with Crippen LogP contribution in [0.5, 0.6) is 0 Å². The molecule has 0 saturated heterocycles. The summed E-state index contributed by atoms with van der Waals surface area (Å²) in [5.41, 5.74) is 0.692. The summed E-state index contributed by atoms with van der Waals surface area (Å²) < 4.78 is 13.1.